The standard InChI is InChI=1S/C8H11NO2/c1-2-3-6-4-5-7(9-11)8(6)10/h2,6,11H,1,3-5H2/b9-7+. The number of hydrogen-bond donors (Lipinski definition) is 1. The molecule has 1 saturated carbocycles. The molecule has 0 amide bonds. The highest BCUT2D eigenvalue weighted by molar-refractivity contribution is 6.42. The van der Waals surface area contributed by atoms with Crippen molar-refractivity contribution in [2.45, 2.75) is 19.3 Å². The van der Waals surface area contributed by atoms with Crippen LogP contribution >= 0.6 is 0 Å². The number of ketones is 1. The first-order valence-electron chi connectivity index (χ1n) is 3.65. The van der Waals surface area contributed by atoms with Crippen LogP contribution in [0, 0.1) is 5.92 Å². The summed E-state index contributed by atoms with van der Waals surface area (Å²) in [7, 11) is 0. The number of carbonyl (C=O) groups excluding carboxylic acids is 1. The normalized spacial score (nSPS) is 27.8. The van der Waals surface area contributed by atoms with Crippen LogP contribution in [0.15, 0.2) is 17.8 Å². The number of Topliss-reactive ketones (excluding diaryl/α,β-unsaturated/α-hetero) is 1. The summed E-state index contributed by atoms with van der Waals surface area (Å²) in [5.41, 5.74) is 0.317. The zero-order chi connectivity index (χ0) is 8.27. The molecule has 0 aromatic heterocycles. The fraction of sp³-hybridized carbons (Fsp3) is 0.500. The fourth-order valence-electron chi connectivity index (χ4n) is 1.33. The van der Waals surface area contributed by atoms with Gasteiger partial charge in [-0.15, -0.1) is 6.58 Å². The van der Waals surface area contributed by atoms with E-state index in [1.165, 1.54) is 0 Å². The molecule has 0 aliphatic heterocycles. The lowest BCUT2D eigenvalue weighted by atomic mass is 10.0. The van der Waals surface area contributed by atoms with E-state index in [4.69, 9.17) is 5.21 Å². The molecule has 0 aromatic rings. The molecule has 1 N–H and O–H groups in total. The summed E-state index contributed by atoms with van der Waals surface area (Å²) in [5.74, 6) is -0.00852. The average Bonchev–Trinajstić information content (AvgIpc) is 2.34. The third-order valence-electron chi connectivity index (χ3n) is 1.96. The second kappa shape index (κ2) is 3.32. The van der Waals surface area contributed by atoms with E-state index in [-0.39, 0.29) is 11.7 Å². The van der Waals surface area contributed by atoms with Crippen molar-refractivity contribution >= 4 is 11.5 Å². The molecule has 3 nitrogen and oxygen atoms in total. The zero-order valence-electron chi connectivity index (χ0n) is 6.29. The largest absolute Gasteiger partial charge is 0.411 e. The van der Waals surface area contributed by atoms with Crippen molar-refractivity contribution in [1.29, 1.82) is 0 Å². The van der Waals surface area contributed by atoms with E-state index in [1.54, 1.807) is 6.08 Å². The van der Waals surface area contributed by atoms with Crippen LogP contribution in [0.5, 0.6) is 0 Å². The van der Waals surface area contributed by atoms with Crippen LogP contribution in [0.3, 0.4) is 0 Å². The average molecular weight is 153 g/mol. The summed E-state index contributed by atoms with van der Waals surface area (Å²) >= 11 is 0. The second-order valence-electron chi connectivity index (χ2n) is 2.67. The van der Waals surface area contributed by atoms with Gasteiger partial charge < -0.3 is 5.21 Å². The van der Waals surface area contributed by atoms with Gasteiger partial charge in [-0.25, -0.2) is 0 Å². The molecule has 0 heterocycles. The summed E-state index contributed by atoms with van der Waals surface area (Å²) in [5, 5.41) is 11.3. The van der Waals surface area contributed by atoms with Crippen LogP contribution in [0.2, 0.25) is 0 Å². The fourth-order valence-corrected chi connectivity index (χ4v) is 1.33. The van der Waals surface area contributed by atoms with Crippen molar-refractivity contribution in [3.63, 3.8) is 0 Å². The van der Waals surface area contributed by atoms with E-state index in [0.717, 1.165) is 6.42 Å². The van der Waals surface area contributed by atoms with E-state index < -0.39 is 0 Å². The van der Waals surface area contributed by atoms with Gasteiger partial charge in [0.2, 0.25) is 0 Å². The third-order valence-corrected chi connectivity index (χ3v) is 1.96. The highest BCUT2D eigenvalue weighted by atomic mass is 16.4. The van der Waals surface area contributed by atoms with Crippen molar-refractivity contribution < 1.29 is 10.0 Å². The van der Waals surface area contributed by atoms with Gasteiger partial charge in [0.1, 0.15) is 5.71 Å². The smallest absolute Gasteiger partial charge is 0.183 e. The highest BCUT2D eigenvalue weighted by Gasteiger charge is 2.29. The summed E-state index contributed by atoms with van der Waals surface area (Å²) in [6.45, 7) is 3.55. The lowest BCUT2D eigenvalue weighted by molar-refractivity contribution is -0.115. The molecule has 1 atom stereocenters. The molecule has 1 fully saturated rings. The van der Waals surface area contributed by atoms with Crippen LogP contribution in [-0.2, 0) is 4.79 Å². The van der Waals surface area contributed by atoms with Crippen LogP contribution in [0.4, 0.5) is 0 Å². The first-order chi connectivity index (χ1) is 5.29. The molecule has 1 aliphatic carbocycles. The van der Waals surface area contributed by atoms with Crippen molar-refractivity contribution in [2.75, 3.05) is 0 Å². The topological polar surface area (TPSA) is 49.7 Å². The van der Waals surface area contributed by atoms with Crippen molar-refractivity contribution in [3.8, 4) is 0 Å². The molecule has 1 aliphatic rings. The number of hydrogen-bond acceptors (Lipinski definition) is 3. The number of allylic oxidation sites excluding steroid dienone is 1. The number of oxime groups is 1. The van der Waals surface area contributed by atoms with Gasteiger partial charge in [0.15, 0.2) is 5.78 Å². The predicted octanol–water partition coefficient (Wildman–Crippen LogP) is 1.37. The summed E-state index contributed by atoms with van der Waals surface area (Å²) in [6, 6.07) is 0. The maximum Gasteiger partial charge on any atom is 0.183 e. The summed E-state index contributed by atoms with van der Waals surface area (Å²) in [6.07, 6.45) is 3.82. The van der Waals surface area contributed by atoms with Gasteiger partial charge in [0, 0.05) is 5.92 Å². The maximum atomic E-state index is 11.2. The molecule has 0 aromatic carbocycles. The van der Waals surface area contributed by atoms with E-state index >= 15 is 0 Å². The summed E-state index contributed by atoms with van der Waals surface area (Å²) < 4.78 is 0. The Balaban J connectivity index is 2.63. The SMILES string of the molecule is C=CCC1CC/C(=N\O)C1=O. The molecule has 1 unspecified atom stereocenters. The molecule has 3 heteroatoms. The number of rotatable bonds is 2. The van der Waals surface area contributed by atoms with Gasteiger partial charge in [-0.3, -0.25) is 4.79 Å². The number of nitrogens with zero attached hydrogens (tertiary/aromatic N) is 1. The van der Waals surface area contributed by atoms with Gasteiger partial charge in [0.05, 0.1) is 0 Å². The van der Waals surface area contributed by atoms with Crippen LogP contribution in [0.25, 0.3) is 0 Å². The second-order valence-corrected chi connectivity index (χ2v) is 2.67. The van der Waals surface area contributed by atoms with Gasteiger partial charge in [-0.05, 0) is 19.3 Å². The quantitative estimate of drug-likeness (QED) is 0.370. The molecule has 11 heavy (non-hydrogen) atoms. The first-order valence-corrected chi connectivity index (χ1v) is 3.65. The highest BCUT2D eigenvalue weighted by Crippen LogP contribution is 2.22. The van der Waals surface area contributed by atoms with E-state index in [0.29, 0.717) is 18.6 Å². The van der Waals surface area contributed by atoms with Crippen LogP contribution < -0.4 is 0 Å². The Morgan fingerprint density at radius 1 is 1.82 bits per heavy atom. The molecule has 0 saturated heterocycles. The van der Waals surface area contributed by atoms with E-state index in [9.17, 15) is 4.79 Å². The van der Waals surface area contributed by atoms with Crippen LogP contribution in [0.1, 0.15) is 19.3 Å². The molecule has 1 rings (SSSR count). The van der Waals surface area contributed by atoms with E-state index in [1.807, 2.05) is 0 Å². The first kappa shape index (κ1) is 7.98. The summed E-state index contributed by atoms with van der Waals surface area (Å²) in [4.78, 5) is 11.2. The Morgan fingerprint density at radius 2 is 2.55 bits per heavy atom. The molecular weight excluding hydrogens is 142 g/mol. The van der Waals surface area contributed by atoms with Crippen molar-refractivity contribution in [2.24, 2.45) is 11.1 Å². The Labute approximate surface area is 65.4 Å². The Morgan fingerprint density at radius 3 is 3.00 bits per heavy atom. The van der Waals surface area contributed by atoms with Crippen molar-refractivity contribution in [1.82, 2.24) is 0 Å². The predicted molar refractivity (Wildman–Crippen MR) is 41.8 cm³/mol. The Hall–Kier alpha value is -1.12. The molecule has 0 spiro atoms. The van der Waals surface area contributed by atoms with Gasteiger partial charge in [-0.2, -0.15) is 0 Å². The van der Waals surface area contributed by atoms with Gasteiger partial charge in [-0.1, -0.05) is 11.2 Å². The van der Waals surface area contributed by atoms with Gasteiger partial charge in [0.25, 0.3) is 0 Å². The van der Waals surface area contributed by atoms with Gasteiger partial charge >= 0.3 is 0 Å². The Kier molecular flexibility index (Phi) is 2.41. The number of carbonyl (C=O) groups is 1. The van der Waals surface area contributed by atoms with Crippen molar-refractivity contribution in [3.05, 3.63) is 12.7 Å². The Bertz CT molecular complexity index is 208. The monoisotopic (exact) mass is 153 g/mol. The molecule has 0 radical (unpaired) electrons. The minimum atomic E-state index is -0.0209. The lowest BCUT2D eigenvalue weighted by Crippen LogP contribution is -2.12. The minimum Gasteiger partial charge on any atom is -0.411 e. The molecule has 60 valence electrons. The molecular formula is C8H11NO2. The maximum absolute atomic E-state index is 11.2. The third kappa shape index (κ3) is 1.48. The molecule has 0 bridgehead atoms. The minimum absolute atomic E-state index is 0.0124. The lowest BCUT2D eigenvalue weighted by Gasteiger charge is -1.99. The van der Waals surface area contributed by atoms with Crippen LogP contribution in [-0.4, -0.2) is 16.7 Å². The van der Waals surface area contributed by atoms with E-state index in [2.05, 4.69) is 11.7 Å². The zero-order valence-corrected chi connectivity index (χ0v) is 6.29.